The first-order valence-electron chi connectivity index (χ1n) is 8.51. The second-order valence-electron chi connectivity index (χ2n) is 6.84. The van der Waals surface area contributed by atoms with Gasteiger partial charge in [-0.2, -0.15) is 0 Å². The maximum atomic E-state index is 10.1. The maximum Gasteiger partial charge on any atom is 0.151 e. The van der Waals surface area contributed by atoms with E-state index in [1.807, 2.05) is 18.2 Å². The average Bonchev–Trinajstić information content (AvgIpc) is 3.22. The van der Waals surface area contributed by atoms with Crippen molar-refractivity contribution in [3.05, 3.63) is 35.1 Å². The summed E-state index contributed by atoms with van der Waals surface area (Å²) in [6.07, 6.45) is 3.70. The Balaban J connectivity index is 1.89. The lowest BCUT2D eigenvalue weighted by molar-refractivity contribution is 0.0737. The van der Waals surface area contributed by atoms with Crippen LogP contribution in [0.1, 0.15) is 37.9 Å². The second kappa shape index (κ2) is 6.00. The number of rotatable bonds is 4. The molecule has 26 heavy (non-hydrogen) atoms. The molecule has 0 aliphatic carbocycles. The van der Waals surface area contributed by atoms with Crippen molar-refractivity contribution in [3.8, 4) is 5.69 Å². The predicted molar refractivity (Wildman–Crippen MR) is 103 cm³/mol. The van der Waals surface area contributed by atoms with Crippen molar-refractivity contribution in [2.75, 3.05) is 5.73 Å². The molecule has 0 radical (unpaired) electrons. The molecule has 0 bridgehead atoms. The molecule has 0 amide bonds. The van der Waals surface area contributed by atoms with Crippen LogP contribution in [-0.4, -0.2) is 30.1 Å². The number of hydrogen-bond acceptors (Lipinski definition) is 7. The van der Waals surface area contributed by atoms with Crippen LogP contribution in [-0.2, 0) is 12.0 Å². The number of pyridine rings is 1. The Labute approximate surface area is 154 Å². The molecule has 8 heteroatoms. The third-order valence-corrected chi connectivity index (χ3v) is 5.38. The number of aryl methyl sites for hydroxylation is 1. The average molecular weight is 368 g/mol. The van der Waals surface area contributed by atoms with Crippen LogP contribution < -0.4 is 5.73 Å². The summed E-state index contributed by atoms with van der Waals surface area (Å²) in [7, 11) is 0. The monoisotopic (exact) mass is 368 g/mol. The highest BCUT2D eigenvalue weighted by Gasteiger charge is 2.20. The number of anilines is 1. The summed E-state index contributed by atoms with van der Waals surface area (Å²) < 4.78 is 2.70. The fourth-order valence-corrected chi connectivity index (χ4v) is 4.04. The summed E-state index contributed by atoms with van der Waals surface area (Å²) in [6, 6.07) is 5.85. The van der Waals surface area contributed by atoms with E-state index in [9.17, 15) is 5.11 Å². The molecule has 1 aromatic carbocycles. The van der Waals surface area contributed by atoms with Gasteiger partial charge in [-0.1, -0.05) is 12.1 Å². The van der Waals surface area contributed by atoms with Crippen molar-refractivity contribution in [1.82, 2.24) is 25.0 Å². The first kappa shape index (κ1) is 16.9. The Morgan fingerprint density at radius 1 is 1.27 bits per heavy atom. The molecule has 0 unspecified atom stereocenters. The van der Waals surface area contributed by atoms with Gasteiger partial charge in [0.05, 0.1) is 27.1 Å². The summed E-state index contributed by atoms with van der Waals surface area (Å²) in [5.74, 6) is 0.462. The minimum Gasteiger partial charge on any atom is -0.384 e. The molecule has 0 aliphatic rings. The lowest BCUT2D eigenvalue weighted by Crippen LogP contribution is -2.15. The van der Waals surface area contributed by atoms with Gasteiger partial charge in [-0.05, 0) is 44.9 Å². The van der Waals surface area contributed by atoms with Crippen molar-refractivity contribution >= 4 is 38.3 Å². The first-order valence-corrected chi connectivity index (χ1v) is 9.32. The van der Waals surface area contributed by atoms with Gasteiger partial charge in [0.1, 0.15) is 16.8 Å². The van der Waals surface area contributed by atoms with Gasteiger partial charge in [0, 0.05) is 5.39 Å². The van der Waals surface area contributed by atoms with E-state index in [2.05, 4.69) is 27.2 Å². The van der Waals surface area contributed by atoms with Crippen LogP contribution in [0.5, 0.6) is 0 Å². The van der Waals surface area contributed by atoms with Gasteiger partial charge in [-0.25, -0.2) is 14.6 Å². The third kappa shape index (κ3) is 2.81. The van der Waals surface area contributed by atoms with Crippen LogP contribution in [0.3, 0.4) is 0 Å². The van der Waals surface area contributed by atoms with Gasteiger partial charge < -0.3 is 10.8 Å². The standard InChI is InChI=1S/C18H20N6OS/c1-4-5-14-21-15-16(26-14)11-8-10(6-7-12(11)20-17(15)19)24-9-13(22-23-24)18(2,3)25/h6-9,25H,4-5H2,1-3H3,(H2,19,20). The highest BCUT2D eigenvalue weighted by molar-refractivity contribution is 7.19. The van der Waals surface area contributed by atoms with E-state index in [1.165, 1.54) is 0 Å². The highest BCUT2D eigenvalue weighted by Crippen LogP contribution is 2.34. The molecule has 0 atom stereocenters. The number of thiazole rings is 1. The molecule has 4 rings (SSSR count). The Hall–Kier alpha value is -2.58. The zero-order valence-electron chi connectivity index (χ0n) is 14.9. The summed E-state index contributed by atoms with van der Waals surface area (Å²) in [5, 5.41) is 20.4. The van der Waals surface area contributed by atoms with E-state index in [1.54, 1.807) is 36.1 Å². The van der Waals surface area contributed by atoms with Crippen molar-refractivity contribution in [2.24, 2.45) is 0 Å². The van der Waals surface area contributed by atoms with Crippen LogP contribution in [0.2, 0.25) is 0 Å². The van der Waals surface area contributed by atoms with E-state index < -0.39 is 5.60 Å². The molecule has 3 N–H and O–H groups in total. The molecule has 3 aromatic heterocycles. The Morgan fingerprint density at radius 3 is 2.77 bits per heavy atom. The molecule has 134 valence electrons. The number of nitrogen functional groups attached to an aromatic ring is 1. The second-order valence-corrected chi connectivity index (χ2v) is 7.92. The molecular weight excluding hydrogens is 348 g/mol. The van der Waals surface area contributed by atoms with Crippen LogP contribution >= 0.6 is 11.3 Å². The van der Waals surface area contributed by atoms with E-state index in [0.717, 1.165) is 44.7 Å². The number of hydrogen-bond donors (Lipinski definition) is 2. The molecule has 0 aliphatic heterocycles. The minimum atomic E-state index is -1.04. The van der Waals surface area contributed by atoms with Crippen LogP contribution in [0.4, 0.5) is 5.82 Å². The van der Waals surface area contributed by atoms with Crippen LogP contribution in [0.15, 0.2) is 24.4 Å². The Bertz CT molecular complexity index is 1110. The van der Waals surface area contributed by atoms with Gasteiger partial charge in [0.25, 0.3) is 0 Å². The van der Waals surface area contributed by atoms with Gasteiger partial charge in [-0.15, -0.1) is 16.4 Å². The summed E-state index contributed by atoms with van der Waals surface area (Å²) in [5.41, 5.74) is 8.02. The molecule has 7 nitrogen and oxygen atoms in total. The fourth-order valence-electron chi connectivity index (χ4n) is 2.84. The van der Waals surface area contributed by atoms with Gasteiger partial charge >= 0.3 is 0 Å². The molecule has 0 fully saturated rings. The van der Waals surface area contributed by atoms with E-state index in [-0.39, 0.29) is 0 Å². The van der Waals surface area contributed by atoms with E-state index in [0.29, 0.717) is 11.5 Å². The molecule has 3 heterocycles. The smallest absolute Gasteiger partial charge is 0.151 e. The van der Waals surface area contributed by atoms with Crippen LogP contribution in [0, 0.1) is 0 Å². The lowest BCUT2D eigenvalue weighted by Gasteiger charge is -2.11. The Morgan fingerprint density at radius 2 is 2.08 bits per heavy atom. The molecular formula is C18H20N6OS. The number of fused-ring (bicyclic) bond motifs is 3. The van der Waals surface area contributed by atoms with Gasteiger partial charge in [-0.3, -0.25) is 0 Å². The van der Waals surface area contributed by atoms with Gasteiger partial charge in [0.2, 0.25) is 0 Å². The number of benzene rings is 1. The quantitative estimate of drug-likeness (QED) is 0.573. The Kier molecular flexibility index (Phi) is 3.89. The lowest BCUT2D eigenvalue weighted by atomic mass is 10.1. The van der Waals surface area contributed by atoms with Crippen molar-refractivity contribution in [3.63, 3.8) is 0 Å². The molecule has 0 spiro atoms. The number of nitrogens with zero attached hydrogens (tertiary/aromatic N) is 5. The zero-order chi connectivity index (χ0) is 18.5. The van der Waals surface area contributed by atoms with Gasteiger partial charge in [0.15, 0.2) is 5.82 Å². The molecule has 0 saturated heterocycles. The minimum absolute atomic E-state index is 0.462. The highest BCUT2D eigenvalue weighted by atomic mass is 32.1. The maximum absolute atomic E-state index is 10.1. The number of aromatic nitrogens is 5. The summed E-state index contributed by atoms with van der Waals surface area (Å²) in [4.78, 5) is 9.15. The largest absolute Gasteiger partial charge is 0.384 e. The fraction of sp³-hybridized carbons (Fsp3) is 0.333. The predicted octanol–water partition coefficient (Wildman–Crippen LogP) is 3.19. The third-order valence-electron chi connectivity index (χ3n) is 4.23. The topological polar surface area (TPSA) is 103 Å². The van der Waals surface area contributed by atoms with E-state index >= 15 is 0 Å². The molecule has 4 aromatic rings. The van der Waals surface area contributed by atoms with E-state index in [4.69, 9.17) is 5.73 Å². The summed E-state index contributed by atoms with van der Waals surface area (Å²) >= 11 is 1.66. The first-order chi connectivity index (χ1) is 12.4. The van der Waals surface area contributed by atoms with Crippen molar-refractivity contribution in [1.29, 1.82) is 0 Å². The number of aliphatic hydroxyl groups is 1. The normalized spacial score (nSPS) is 12.3. The van der Waals surface area contributed by atoms with Crippen molar-refractivity contribution < 1.29 is 5.11 Å². The zero-order valence-corrected chi connectivity index (χ0v) is 15.7. The number of nitrogens with two attached hydrogens (primary N) is 1. The SMILES string of the molecule is CCCc1nc2c(N)nc3ccc(-n4cc(C(C)(C)O)nn4)cc3c2s1. The van der Waals surface area contributed by atoms with Crippen molar-refractivity contribution in [2.45, 2.75) is 39.2 Å². The van der Waals surface area contributed by atoms with Crippen LogP contribution in [0.25, 0.3) is 26.8 Å². The summed E-state index contributed by atoms with van der Waals surface area (Å²) in [6.45, 7) is 5.50. The molecule has 0 saturated carbocycles.